The quantitative estimate of drug-likeness (QED) is 0.123. The van der Waals surface area contributed by atoms with Crippen LogP contribution >= 0.6 is 11.3 Å². The summed E-state index contributed by atoms with van der Waals surface area (Å²) in [7, 11) is 0. The number of aromatic nitrogens is 2. The molecule has 0 spiro atoms. The zero-order chi connectivity index (χ0) is 39.0. The van der Waals surface area contributed by atoms with E-state index in [9.17, 15) is 0 Å². The summed E-state index contributed by atoms with van der Waals surface area (Å²) in [6.45, 7) is 10.6. The first-order chi connectivity index (χ1) is 26.1. The predicted octanol–water partition coefficient (Wildman–Crippen LogP) is 13.8. The van der Waals surface area contributed by atoms with E-state index < -0.39 is 19.2 Å². The van der Waals surface area contributed by atoms with Crippen molar-refractivity contribution in [3.63, 3.8) is 0 Å². The Morgan fingerprint density at radius 3 is 2.04 bits per heavy atom. The van der Waals surface area contributed by atoms with Crippen LogP contribution in [0.2, 0.25) is 17.3 Å². The SMILES string of the molecule is [2H]C(C)(C)c1ccnc(-c2[c-]ccc3c2sc2cc(-c4ccc(C(C)(C)C)cc4)ccc23)c1.[CH3][Ge]([CH3])([CH3])[c]1ccc(-c2[c-]ccc(-c3ccccc3)c2)nc1.[Ir]. The van der Waals surface area contributed by atoms with Crippen molar-refractivity contribution in [1.29, 1.82) is 0 Å². The molecule has 0 aliphatic rings. The summed E-state index contributed by atoms with van der Waals surface area (Å²) in [5.74, 6) is 6.50. The van der Waals surface area contributed by atoms with Crippen LogP contribution in [0.3, 0.4) is 0 Å². The zero-order valence-corrected chi connectivity index (χ0v) is 38.2. The van der Waals surface area contributed by atoms with Gasteiger partial charge in [-0.1, -0.05) is 88.0 Å². The van der Waals surface area contributed by atoms with Gasteiger partial charge in [-0.05, 0) is 55.9 Å². The Morgan fingerprint density at radius 2 is 1.36 bits per heavy atom. The second-order valence-corrected chi connectivity index (χ2v) is 27.9. The molecule has 8 rings (SSSR count). The van der Waals surface area contributed by atoms with Crippen molar-refractivity contribution in [3.8, 4) is 44.8 Å². The molecule has 0 saturated heterocycles. The normalized spacial score (nSPS) is 12.1. The Balaban J connectivity index is 0.000000202. The Labute approximate surface area is 349 Å². The number of benzene rings is 5. The summed E-state index contributed by atoms with van der Waals surface area (Å²) in [6, 6.07) is 51.6. The molecule has 2 nitrogen and oxygen atoms in total. The predicted molar refractivity (Wildman–Crippen MR) is 237 cm³/mol. The Kier molecular flexibility index (Phi) is 12.0. The van der Waals surface area contributed by atoms with E-state index in [1.54, 1.807) is 17.5 Å². The summed E-state index contributed by atoms with van der Waals surface area (Å²) >= 11 is 0.00430. The summed E-state index contributed by atoms with van der Waals surface area (Å²) < 4.78 is 12.3. The maximum absolute atomic E-state index is 8.40. The van der Waals surface area contributed by atoms with Crippen LogP contribution in [-0.4, -0.2) is 23.2 Å². The number of fused-ring (bicyclic) bond motifs is 3. The monoisotopic (exact) mass is 976 g/mol. The topological polar surface area (TPSA) is 25.8 Å². The van der Waals surface area contributed by atoms with Crippen LogP contribution in [0.1, 0.15) is 53.0 Å². The summed E-state index contributed by atoms with van der Waals surface area (Å²) in [4.78, 5) is 9.29. The van der Waals surface area contributed by atoms with Crippen molar-refractivity contribution in [2.45, 2.75) is 63.2 Å². The molecule has 0 saturated carbocycles. The van der Waals surface area contributed by atoms with Crippen molar-refractivity contribution < 1.29 is 21.5 Å². The molecule has 0 unspecified atom stereocenters. The number of pyridine rings is 2. The fraction of sp³-hybridized carbons (Fsp3) is 0.200. The van der Waals surface area contributed by atoms with E-state index >= 15 is 0 Å². The molecular formula is C50H48GeIrN2S-2. The molecule has 8 aromatic rings. The van der Waals surface area contributed by atoms with Crippen molar-refractivity contribution >= 4 is 49.2 Å². The zero-order valence-electron chi connectivity index (χ0n) is 33.9. The third-order valence-corrected chi connectivity index (χ3v) is 15.4. The molecule has 0 aliphatic carbocycles. The molecule has 0 bridgehead atoms. The van der Waals surface area contributed by atoms with Gasteiger partial charge in [0.25, 0.3) is 0 Å². The van der Waals surface area contributed by atoms with Crippen LogP contribution in [0.4, 0.5) is 0 Å². The van der Waals surface area contributed by atoms with Gasteiger partial charge in [-0.3, -0.25) is 0 Å². The molecule has 5 heteroatoms. The van der Waals surface area contributed by atoms with Gasteiger partial charge < -0.3 is 4.98 Å². The fourth-order valence-electron chi connectivity index (χ4n) is 6.57. The number of hydrogen-bond acceptors (Lipinski definition) is 3. The molecule has 0 amide bonds. The molecular weight excluding hydrogens is 925 g/mol. The van der Waals surface area contributed by atoms with Gasteiger partial charge in [0.15, 0.2) is 0 Å². The maximum Gasteiger partial charge on any atom is 0 e. The molecule has 0 atom stereocenters. The largest absolute Gasteiger partial charge is 0 e. The van der Waals surface area contributed by atoms with E-state index in [1.165, 1.54) is 52.4 Å². The van der Waals surface area contributed by atoms with Crippen LogP contribution in [0.25, 0.3) is 64.9 Å². The molecule has 279 valence electrons. The van der Waals surface area contributed by atoms with E-state index in [0.717, 1.165) is 28.1 Å². The molecule has 3 heterocycles. The molecule has 1 radical (unpaired) electrons. The van der Waals surface area contributed by atoms with Gasteiger partial charge in [-0.2, -0.15) is 11.3 Å². The van der Waals surface area contributed by atoms with Gasteiger partial charge in [-0.25, -0.2) is 0 Å². The minimum absolute atomic E-state index is 0. The first-order valence-electron chi connectivity index (χ1n) is 19.1. The molecule has 0 N–H and O–H groups in total. The van der Waals surface area contributed by atoms with Crippen LogP contribution < -0.4 is 4.40 Å². The first-order valence-corrected chi connectivity index (χ1v) is 26.8. The summed E-state index contributed by atoms with van der Waals surface area (Å²) in [5, 5.41) is 2.49. The summed E-state index contributed by atoms with van der Waals surface area (Å²) in [5.41, 5.74) is 11.3. The molecule has 0 aliphatic heterocycles. The van der Waals surface area contributed by atoms with Crippen molar-refractivity contribution in [2.24, 2.45) is 0 Å². The standard InChI is InChI=1S/C30H28NS.C20H20GeN.Ir/c1-19(2)21-15-16-31-27(17-21)26-8-6-7-25-24-14-11-22(18-28(24)32-29(25)26)20-9-12-23(13-10-20)30(3,4)5;1-21(2,3)19-12-13-20(22-15-19)18-11-7-10-17(14-18)16-8-5-4-6-9-16;/h6-7,9-19H,1-5H3;4-10,12-15H,1-3H3;/q2*-1;/i19D;;. The first kappa shape index (κ1) is 39.1. The van der Waals surface area contributed by atoms with Gasteiger partial charge >= 0.3 is 135 Å². The average molecular weight is 975 g/mol. The number of nitrogens with zero attached hydrogens (tertiary/aromatic N) is 2. The molecule has 0 fully saturated rings. The number of thiophene rings is 1. The van der Waals surface area contributed by atoms with E-state index in [-0.39, 0.29) is 25.5 Å². The number of rotatable bonds is 6. The van der Waals surface area contributed by atoms with Crippen LogP contribution in [0.15, 0.2) is 140 Å². The van der Waals surface area contributed by atoms with Crippen molar-refractivity contribution in [3.05, 3.63) is 163 Å². The fourth-order valence-corrected chi connectivity index (χ4v) is 9.99. The Morgan fingerprint density at radius 1 is 0.673 bits per heavy atom. The van der Waals surface area contributed by atoms with Crippen molar-refractivity contribution in [2.75, 3.05) is 0 Å². The van der Waals surface area contributed by atoms with Crippen LogP contribution in [0, 0.1) is 12.1 Å². The van der Waals surface area contributed by atoms with E-state index in [0.29, 0.717) is 0 Å². The van der Waals surface area contributed by atoms with Crippen LogP contribution in [-0.2, 0) is 25.5 Å². The van der Waals surface area contributed by atoms with Gasteiger partial charge in [0.1, 0.15) is 0 Å². The van der Waals surface area contributed by atoms with E-state index in [1.807, 2.05) is 44.2 Å². The minimum Gasteiger partial charge on any atom is 0 e. The van der Waals surface area contributed by atoms with Gasteiger partial charge in [-0.15, -0.1) is 23.8 Å². The van der Waals surface area contributed by atoms with Gasteiger partial charge in [0, 0.05) is 32.4 Å². The van der Waals surface area contributed by atoms with Gasteiger partial charge in [0.05, 0.1) is 0 Å². The third-order valence-electron chi connectivity index (χ3n) is 9.92. The van der Waals surface area contributed by atoms with E-state index in [2.05, 4.69) is 163 Å². The molecule has 3 aromatic heterocycles. The second-order valence-electron chi connectivity index (χ2n) is 16.2. The van der Waals surface area contributed by atoms with Crippen molar-refractivity contribution in [1.82, 2.24) is 9.97 Å². The Hall–Kier alpha value is -4.19. The third kappa shape index (κ3) is 9.27. The van der Waals surface area contributed by atoms with Gasteiger partial charge in [0.2, 0.25) is 0 Å². The van der Waals surface area contributed by atoms with Crippen LogP contribution in [0.5, 0.6) is 0 Å². The molecule has 5 aromatic carbocycles. The Bertz CT molecular complexity index is 2580. The van der Waals surface area contributed by atoms with E-state index in [4.69, 9.17) is 1.37 Å². The number of hydrogen-bond donors (Lipinski definition) is 0. The second kappa shape index (κ2) is 16.9. The average Bonchev–Trinajstić information content (AvgIpc) is 3.56. The smallest absolute Gasteiger partial charge is 0 e. The summed E-state index contributed by atoms with van der Waals surface area (Å²) in [6.07, 6.45) is 3.86. The minimum atomic E-state index is -1.79. The maximum atomic E-state index is 8.40. The molecule has 55 heavy (non-hydrogen) atoms.